The van der Waals surface area contributed by atoms with Gasteiger partial charge in [0.25, 0.3) is 6.43 Å². The third kappa shape index (κ3) is 4.21. The van der Waals surface area contributed by atoms with Gasteiger partial charge in [0.2, 0.25) is 5.95 Å². The number of hydrogen-bond acceptors (Lipinski definition) is 5. The zero-order valence-corrected chi connectivity index (χ0v) is 15.4. The van der Waals surface area contributed by atoms with E-state index in [2.05, 4.69) is 20.4 Å². The number of benzene rings is 1. The summed E-state index contributed by atoms with van der Waals surface area (Å²) in [6, 6.07) is 10.1. The largest absolute Gasteiger partial charge is 0.497 e. The molecule has 2 aromatic heterocycles. The van der Waals surface area contributed by atoms with E-state index in [0.29, 0.717) is 23.6 Å². The van der Waals surface area contributed by atoms with Crippen LogP contribution in [0.2, 0.25) is 0 Å². The van der Waals surface area contributed by atoms with Crippen molar-refractivity contribution in [3.63, 3.8) is 0 Å². The van der Waals surface area contributed by atoms with Crippen molar-refractivity contribution in [3.8, 4) is 17.0 Å². The first-order valence-electron chi connectivity index (χ1n) is 8.61. The molecule has 0 bridgehead atoms. The minimum Gasteiger partial charge on any atom is -0.497 e. The van der Waals surface area contributed by atoms with Gasteiger partial charge in [0.05, 0.1) is 24.5 Å². The van der Waals surface area contributed by atoms with Crippen LogP contribution in [0.4, 0.5) is 14.7 Å². The maximum atomic E-state index is 13.4. The van der Waals surface area contributed by atoms with Gasteiger partial charge >= 0.3 is 0 Å². The number of alkyl halides is 2. The fourth-order valence-electron chi connectivity index (χ4n) is 2.82. The maximum absolute atomic E-state index is 13.4. The fourth-order valence-corrected chi connectivity index (χ4v) is 2.82. The quantitative estimate of drug-likeness (QED) is 0.661. The molecule has 1 atom stereocenters. The number of rotatable bonds is 7. The molecule has 27 heavy (non-hydrogen) atoms. The van der Waals surface area contributed by atoms with Gasteiger partial charge in [-0.3, -0.25) is 4.68 Å². The molecule has 0 aliphatic rings. The zero-order chi connectivity index (χ0) is 19.4. The number of nitrogens with one attached hydrogen (secondary N) is 1. The number of halogens is 2. The van der Waals surface area contributed by atoms with Crippen molar-refractivity contribution in [1.82, 2.24) is 19.7 Å². The summed E-state index contributed by atoms with van der Waals surface area (Å²) in [6.45, 7) is 4.60. The molecular weight excluding hydrogens is 352 g/mol. The van der Waals surface area contributed by atoms with E-state index in [-0.39, 0.29) is 17.7 Å². The van der Waals surface area contributed by atoms with Gasteiger partial charge in [0, 0.05) is 18.3 Å². The second-order valence-electron chi connectivity index (χ2n) is 5.97. The lowest BCUT2D eigenvalue weighted by atomic mass is 10.1. The smallest absolute Gasteiger partial charge is 0.280 e. The molecule has 8 heteroatoms. The number of nitrogens with zero attached hydrogens (tertiary/aromatic N) is 4. The molecule has 3 rings (SSSR count). The topological polar surface area (TPSA) is 64.9 Å². The van der Waals surface area contributed by atoms with Gasteiger partial charge in [0.15, 0.2) is 0 Å². The van der Waals surface area contributed by atoms with E-state index in [0.717, 1.165) is 5.69 Å². The van der Waals surface area contributed by atoms with Crippen LogP contribution in [0.1, 0.15) is 37.7 Å². The summed E-state index contributed by atoms with van der Waals surface area (Å²) in [7, 11) is 1.55. The van der Waals surface area contributed by atoms with Gasteiger partial charge in [-0.2, -0.15) is 5.10 Å². The highest BCUT2D eigenvalue weighted by Gasteiger charge is 2.17. The van der Waals surface area contributed by atoms with Gasteiger partial charge in [-0.15, -0.1) is 0 Å². The highest BCUT2D eigenvalue weighted by molar-refractivity contribution is 5.63. The van der Waals surface area contributed by atoms with Crippen LogP contribution in [0, 0.1) is 0 Å². The number of anilines is 1. The van der Waals surface area contributed by atoms with Gasteiger partial charge < -0.3 is 10.1 Å². The Labute approximate surface area is 156 Å². The third-order valence-corrected chi connectivity index (χ3v) is 4.17. The van der Waals surface area contributed by atoms with Crippen molar-refractivity contribution >= 4 is 5.95 Å². The summed E-state index contributed by atoms with van der Waals surface area (Å²) in [6.07, 6.45) is -0.996. The Hall–Kier alpha value is -3.03. The summed E-state index contributed by atoms with van der Waals surface area (Å²) in [5.41, 5.74) is 1.67. The van der Waals surface area contributed by atoms with E-state index < -0.39 is 6.43 Å². The zero-order valence-electron chi connectivity index (χ0n) is 15.4. The summed E-state index contributed by atoms with van der Waals surface area (Å²) in [5, 5.41) is 7.33. The highest BCUT2D eigenvalue weighted by atomic mass is 19.3. The molecule has 0 saturated carbocycles. The van der Waals surface area contributed by atoms with Gasteiger partial charge in [0.1, 0.15) is 11.4 Å². The Morgan fingerprint density at radius 3 is 2.70 bits per heavy atom. The number of aromatic nitrogens is 4. The Kier molecular flexibility index (Phi) is 5.63. The average molecular weight is 373 g/mol. The lowest BCUT2D eigenvalue weighted by Gasteiger charge is -2.16. The summed E-state index contributed by atoms with van der Waals surface area (Å²) in [5.74, 6) is 0.765. The first-order chi connectivity index (χ1) is 13.0. The van der Waals surface area contributed by atoms with Crippen molar-refractivity contribution in [2.24, 2.45) is 0 Å². The molecule has 0 spiro atoms. The predicted octanol–water partition coefficient (Wildman–Crippen LogP) is 4.48. The molecule has 0 amide bonds. The second kappa shape index (κ2) is 8.11. The van der Waals surface area contributed by atoms with Crippen LogP contribution in [0.25, 0.3) is 11.3 Å². The van der Waals surface area contributed by atoms with Crippen molar-refractivity contribution in [3.05, 3.63) is 54.0 Å². The van der Waals surface area contributed by atoms with E-state index in [1.165, 1.54) is 6.07 Å². The van der Waals surface area contributed by atoms with Crippen LogP contribution in [0.5, 0.6) is 5.75 Å². The molecule has 1 aromatic carbocycles. The molecule has 3 aromatic rings. The fraction of sp³-hybridized carbons (Fsp3) is 0.316. The van der Waals surface area contributed by atoms with E-state index in [4.69, 9.17) is 4.74 Å². The molecule has 2 heterocycles. The highest BCUT2D eigenvalue weighted by Crippen LogP contribution is 2.28. The standard InChI is InChI=1S/C19H21F2N5O/c1-4-26-17(8-9-22-26)12(2)23-19-24-15(11-16(25-19)18(20)21)13-6-5-7-14(10-13)27-3/h5-12,18H,4H2,1-3H3,(H,23,24,25). The first kappa shape index (κ1) is 18.8. The molecule has 1 N–H and O–H groups in total. The van der Waals surface area contributed by atoms with Crippen LogP contribution in [0.3, 0.4) is 0 Å². The maximum Gasteiger partial charge on any atom is 0.280 e. The molecule has 142 valence electrons. The lowest BCUT2D eigenvalue weighted by molar-refractivity contribution is 0.146. The predicted molar refractivity (Wildman–Crippen MR) is 98.9 cm³/mol. The number of ether oxygens (including phenoxy) is 1. The van der Waals surface area contributed by atoms with Crippen LogP contribution in [0.15, 0.2) is 42.6 Å². The van der Waals surface area contributed by atoms with Crippen LogP contribution in [-0.2, 0) is 6.54 Å². The minimum absolute atomic E-state index is 0.141. The van der Waals surface area contributed by atoms with Crippen molar-refractivity contribution < 1.29 is 13.5 Å². The van der Waals surface area contributed by atoms with Crippen molar-refractivity contribution in [2.45, 2.75) is 32.9 Å². The molecule has 0 fully saturated rings. The summed E-state index contributed by atoms with van der Waals surface area (Å²) < 4.78 is 33.8. The SMILES string of the molecule is CCn1nccc1C(C)Nc1nc(-c2cccc(OC)c2)cc(C(F)F)n1. The average Bonchev–Trinajstić information content (AvgIpc) is 3.16. The molecule has 6 nitrogen and oxygen atoms in total. The Morgan fingerprint density at radius 1 is 1.19 bits per heavy atom. The van der Waals surface area contributed by atoms with Crippen LogP contribution >= 0.6 is 0 Å². The molecule has 0 radical (unpaired) electrons. The number of aryl methyl sites for hydroxylation is 1. The molecule has 1 unspecified atom stereocenters. The third-order valence-electron chi connectivity index (χ3n) is 4.17. The van der Waals surface area contributed by atoms with E-state index in [1.54, 1.807) is 37.6 Å². The van der Waals surface area contributed by atoms with E-state index >= 15 is 0 Å². The Balaban J connectivity index is 1.96. The van der Waals surface area contributed by atoms with Crippen molar-refractivity contribution in [2.75, 3.05) is 12.4 Å². The molecular formula is C19H21F2N5O. The van der Waals surface area contributed by atoms with Gasteiger partial charge in [-0.25, -0.2) is 18.7 Å². The summed E-state index contributed by atoms with van der Waals surface area (Å²) in [4.78, 5) is 8.40. The van der Waals surface area contributed by atoms with Crippen molar-refractivity contribution in [1.29, 1.82) is 0 Å². The lowest BCUT2D eigenvalue weighted by Crippen LogP contribution is -2.15. The molecule has 0 aliphatic heterocycles. The normalized spacial score (nSPS) is 12.2. The Morgan fingerprint density at radius 2 is 2.00 bits per heavy atom. The number of hydrogen-bond donors (Lipinski definition) is 1. The van der Waals surface area contributed by atoms with E-state index in [1.807, 2.05) is 24.6 Å². The Bertz CT molecular complexity index is 913. The summed E-state index contributed by atoms with van der Waals surface area (Å²) >= 11 is 0. The minimum atomic E-state index is -2.70. The van der Waals surface area contributed by atoms with Gasteiger partial charge in [-0.05, 0) is 38.1 Å². The van der Waals surface area contributed by atoms with Crippen LogP contribution in [-0.4, -0.2) is 26.9 Å². The number of methoxy groups -OCH3 is 1. The van der Waals surface area contributed by atoms with Crippen LogP contribution < -0.4 is 10.1 Å². The second-order valence-corrected chi connectivity index (χ2v) is 5.97. The molecule has 0 saturated heterocycles. The van der Waals surface area contributed by atoms with E-state index in [9.17, 15) is 8.78 Å². The first-order valence-corrected chi connectivity index (χ1v) is 8.61. The monoisotopic (exact) mass is 373 g/mol. The molecule has 0 aliphatic carbocycles. The van der Waals surface area contributed by atoms with Gasteiger partial charge in [-0.1, -0.05) is 12.1 Å².